The minimum atomic E-state index is 0.409. The topological polar surface area (TPSA) is 49.6 Å². The highest BCUT2D eigenvalue weighted by Crippen LogP contribution is 2.20. The largest absolute Gasteiger partial charge is 0.233 e. The fraction of sp³-hybridized carbons (Fsp3) is 0.214. The molecule has 84 valence electrons. The van der Waals surface area contributed by atoms with Gasteiger partial charge >= 0.3 is 0 Å². The molecule has 3 heteroatoms. The van der Waals surface area contributed by atoms with Crippen molar-refractivity contribution in [1.82, 2.24) is 9.97 Å². The van der Waals surface area contributed by atoms with Crippen LogP contribution in [0.15, 0.2) is 24.3 Å². The third-order valence-electron chi connectivity index (χ3n) is 2.47. The highest BCUT2D eigenvalue weighted by molar-refractivity contribution is 5.62. The molecule has 17 heavy (non-hydrogen) atoms. The zero-order chi connectivity index (χ0) is 12.4. The van der Waals surface area contributed by atoms with Crippen LogP contribution in [-0.2, 0) is 0 Å². The molecule has 0 atom stereocenters. The number of nitrogens with zero attached hydrogens (tertiary/aromatic N) is 3. The zero-order valence-corrected chi connectivity index (χ0v) is 10.2. The van der Waals surface area contributed by atoms with E-state index in [4.69, 9.17) is 5.26 Å². The summed E-state index contributed by atoms with van der Waals surface area (Å²) in [5.41, 5.74) is 4.63. The molecule has 3 nitrogen and oxygen atoms in total. The molecule has 0 saturated heterocycles. The van der Waals surface area contributed by atoms with Gasteiger partial charge in [-0.05, 0) is 32.9 Å². The highest BCUT2D eigenvalue weighted by atomic mass is 14.9. The van der Waals surface area contributed by atoms with Crippen LogP contribution in [0.1, 0.15) is 22.6 Å². The van der Waals surface area contributed by atoms with Gasteiger partial charge in [-0.1, -0.05) is 17.2 Å². The number of hydrogen-bond donors (Lipinski definition) is 0. The van der Waals surface area contributed by atoms with E-state index in [1.807, 2.05) is 0 Å². The van der Waals surface area contributed by atoms with E-state index in [1.165, 1.54) is 11.1 Å². The Morgan fingerprint density at radius 2 is 1.59 bits per heavy atom. The lowest BCUT2D eigenvalue weighted by Gasteiger charge is -2.05. The minimum absolute atomic E-state index is 0.409. The van der Waals surface area contributed by atoms with E-state index in [9.17, 15) is 0 Å². The van der Waals surface area contributed by atoms with Crippen molar-refractivity contribution in [2.45, 2.75) is 20.8 Å². The molecule has 0 radical (unpaired) electrons. The lowest BCUT2D eigenvalue weighted by atomic mass is 10.0. The third-order valence-corrected chi connectivity index (χ3v) is 2.47. The number of aromatic nitrogens is 2. The van der Waals surface area contributed by atoms with Crippen LogP contribution in [0.25, 0.3) is 11.3 Å². The predicted octanol–water partition coefficient (Wildman–Crippen LogP) is 2.94. The van der Waals surface area contributed by atoms with E-state index in [0.29, 0.717) is 11.5 Å². The van der Waals surface area contributed by atoms with Gasteiger partial charge in [0, 0.05) is 11.6 Å². The first kappa shape index (κ1) is 11.3. The fourth-order valence-corrected chi connectivity index (χ4v) is 1.90. The maximum atomic E-state index is 8.90. The highest BCUT2D eigenvalue weighted by Gasteiger charge is 2.05. The standard InChI is InChI=1S/C14H13N3/c1-9-4-10(2)6-12(5-9)14-7-13(8-15)16-11(3)17-14/h4-7H,1-3H3. The van der Waals surface area contributed by atoms with Crippen LogP contribution in [0, 0.1) is 32.1 Å². The summed E-state index contributed by atoms with van der Waals surface area (Å²) in [7, 11) is 0. The van der Waals surface area contributed by atoms with Gasteiger partial charge in [0.2, 0.25) is 0 Å². The quantitative estimate of drug-likeness (QED) is 0.746. The van der Waals surface area contributed by atoms with Gasteiger partial charge in [-0.15, -0.1) is 0 Å². The molecule has 0 spiro atoms. The van der Waals surface area contributed by atoms with Crippen LogP contribution in [0.3, 0.4) is 0 Å². The molecule has 0 saturated carbocycles. The molecule has 0 aliphatic heterocycles. The Hall–Kier alpha value is -2.21. The summed E-state index contributed by atoms with van der Waals surface area (Å²) in [6.45, 7) is 5.90. The summed E-state index contributed by atoms with van der Waals surface area (Å²) >= 11 is 0. The first-order valence-electron chi connectivity index (χ1n) is 5.43. The monoisotopic (exact) mass is 223 g/mol. The van der Waals surface area contributed by atoms with Crippen molar-refractivity contribution in [1.29, 1.82) is 5.26 Å². The summed E-state index contributed by atoms with van der Waals surface area (Å²) in [5.74, 6) is 0.623. The van der Waals surface area contributed by atoms with Crippen LogP contribution in [-0.4, -0.2) is 9.97 Å². The molecular formula is C14H13N3. The van der Waals surface area contributed by atoms with Crippen LogP contribution in [0.2, 0.25) is 0 Å². The van der Waals surface area contributed by atoms with Crippen LogP contribution in [0.4, 0.5) is 0 Å². The van der Waals surface area contributed by atoms with Crippen molar-refractivity contribution in [3.8, 4) is 17.3 Å². The zero-order valence-electron chi connectivity index (χ0n) is 10.2. The Bertz CT molecular complexity index is 589. The number of hydrogen-bond acceptors (Lipinski definition) is 3. The summed E-state index contributed by atoms with van der Waals surface area (Å²) in [4.78, 5) is 8.42. The molecule has 0 aliphatic rings. The second-order valence-corrected chi connectivity index (χ2v) is 4.17. The van der Waals surface area contributed by atoms with Gasteiger partial charge in [-0.2, -0.15) is 5.26 Å². The second-order valence-electron chi connectivity index (χ2n) is 4.17. The van der Waals surface area contributed by atoms with Gasteiger partial charge in [-0.25, -0.2) is 9.97 Å². The predicted molar refractivity (Wildman–Crippen MR) is 66.4 cm³/mol. The number of nitriles is 1. The number of aryl methyl sites for hydroxylation is 3. The molecule has 2 aromatic rings. The maximum Gasteiger partial charge on any atom is 0.144 e. The average Bonchev–Trinajstić information content (AvgIpc) is 2.26. The van der Waals surface area contributed by atoms with E-state index in [1.54, 1.807) is 13.0 Å². The number of benzene rings is 1. The fourth-order valence-electron chi connectivity index (χ4n) is 1.90. The molecule has 0 bridgehead atoms. The molecule has 0 N–H and O–H groups in total. The summed E-state index contributed by atoms with van der Waals surface area (Å²) in [6.07, 6.45) is 0. The van der Waals surface area contributed by atoms with Gasteiger partial charge in [0.1, 0.15) is 17.6 Å². The van der Waals surface area contributed by atoms with E-state index in [-0.39, 0.29) is 0 Å². The van der Waals surface area contributed by atoms with E-state index < -0.39 is 0 Å². The van der Waals surface area contributed by atoms with Crippen molar-refractivity contribution in [3.05, 3.63) is 46.9 Å². The minimum Gasteiger partial charge on any atom is -0.233 e. The van der Waals surface area contributed by atoms with Crippen molar-refractivity contribution < 1.29 is 0 Å². The van der Waals surface area contributed by atoms with Crippen LogP contribution >= 0.6 is 0 Å². The molecule has 0 unspecified atom stereocenters. The van der Waals surface area contributed by atoms with E-state index in [0.717, 1.165) is 11.3 Å². The SMILES string of the molecule is Cc1cc(C)cc(-c2cc(C#N)nc(C)n2)c1. The summed E-state index contributed by atoms with van der Waals surface area (Å²) < 4.78 is 0. The Kier molecular flexibility index (Phi) is 2.88. The average molecular weight is 223 g/mol. The third kappa shape index (κ3) is 2.48. The smallest absolute Gasteiger partial charge is 0.144 e. The molecular weight excluding hydrogens is 210 g/mol. The van der Waals surface area contributed by atoms with E-state index in [2.05, 4.69) is 48.1 Å². The molecule has 1 aromatic heterocycles. The van der Waals surface area contributed by atoms with Crippen LogP contribution < -0.4 is 0 Å². The van der Waals surface area contributed by atoms with Gasteiger partial charge in [0.25, 0.3) is 0 Å². The Morgan fingerprint density at radius 1 is 0.941 bits per heavy atom. The van der Waals surface area contributed by atoms with Crippen molar-refractivity contribution >= 4 is 0 Å². The van der Waals surface area contributed by atoms with Crippen molar-refractivity contribution in [2.24, 2.45) is 0 Å². The molecule has 0 fully saturated rings. The molecule has 2 rings (SSSR count). The van der Waals surface area contributed by atoms with Gasteiger partial charge < -0.3 is 0 Å². The van der Waals surface area contributed by atoms with E-state index >= 15 is 0 Å². The normalized spacial score (nSPS) is 10.0. The Balaban J connectivity index is 2.60. The number of rotatable bonds is 1. The van der Waals surface area contributed by atoms with Gasteiger partial charge in [-0.3, -0.25) is 0 Å². The molecule has 1 aromatic carbocycles. The first-order valence-corrected chi connectivity index (χ1v) is 5.43. The van der Waals surface area contributed by atoms with Gasteiger partial charge in [0.05, 0.1) is 5.69 Å². The summed E-state index contributed by atoms with van der Waals surface area (Å²) in [6, 6.07) is 10.0. The van der Waals surface area contributed by atoms with Gasteiger partial charge in [0.15, 0.2) is 0 Å². The van der Waals surface area contributed by atoms with Crippen LogP contribution in [0.5, 0.6) is 0 Å². The Labute approximate surface area is 101 Å². The van der Waals surface area contributed by atoms with Crippen molar-refractivity contribution in [2.75, 3.05) is 0 Å². The first-order chi connectivity index (χ1) is 8.08. The second kappa shape index (κ2) is 4.34. The summed E-state index contributed by atoms with van der Waals surface area (Å²) in [5, 5.41) is 8.90. The lowest BCUT2D eigenvalue weighted by Crippen LogP contribution is -1.95. The lowest BCUT2D eigenvalue weighted by molar-refractivity contribution is 1.04. The Morgan fingerprint density at radius 3 is 2.18 bits per heavy atom. The molecule has 0 aliphatic carbocycles. The maximum absolute atomic E-state index is 8.90. The molecule has 1 heterocycles. The van der Waals surface area contributed by atoms with Crippen molar-refractivity contribution in [3.63, 3.8) is 0 Å². The molecule has 0 amide bonds.